The van der Waals surface area contributed by atoms with Gasteiger partial charge in [-0.25, -0.2) is 0 Å². The summed E-state index contributed by atoms with van der Waals surface area (Å²) in [5.74, 6) is 0.735. The molecule has 0 unspecified atom stereocenters. The first-order chi connectivity index (χ1) is 9.71. The van der Waals surface area contributed by atoms with E-state index in [1.54, 1.807) is 0 Å². The fourth-order valence-electron chi connectivity index (χ4n) is 3.59. The van der Waals surface area contributed by atoms with E-state index in [4.69, 9.17) is 11.6 Å². The topological polar surface area (TPSA) is 12.0 Å². The number of rotatable bonds is 5. The lowest BCUT2D eigenvalue weighted by Crippen LogP contribution is -2.46. The van der Waals surface area contributed by atoms with Crippen LogP contribution in [-0.4, -0.2) is 23.6 Å². The van der Waals surface area contributed by atoms with Crippen LogP contribution in [0.1, 0.15) is 50.0 Å². The SMILES string of the molecule is CSC1(CNC2CC(c3ccc(Cl)cc3)C2)CCCC1. The summed E-state index contributed by atoms with van der Waals surface area (Å²) in [6, 6.07) is 9.12. The Morgan fingerprint density at radius 1 is 1.20 bits per heavy atom. The van der Waals surface area contributed by atoms with Crippen molar-refractivity contribution in [3.63, 3.8) is 0 Å². The minimum atomic E-state index is 0.533. The van der Waals surface area contributed by atoms with Gasteiger partial charge in [0.25, 0.3) is 0 Å². The highest BCUT2D eigenvalue weighted by Gasteiger charge is 2.36. The molecule has 1 aromatic rings. The quantitative estimate of drug-likeness (QED) is 0.834. The van der Waals surface area contributed by atoms with Crippen molar-refractivity contribution in [1.29, 1.82) is 0 Å². The summed E-state index contributed by atoms with van der Waals surface area (Å²) in [5.41, 5.74) is 1.45. The van der Waals surface area contributed by atoms with E-state index in [-0.39, 0.29) is 0 Å². The molecule has 2 aliphatic rings. The third kappa shape index (κ3) is 3.18. The van der Waals surface area contributed by atoms with Gasteiger partial charge in [-0.15, -0.1) is 0 Å². The Morgan fingerprint density at radius 2 is 1.85 bits per heavy atom. The van der Waals surface area contributed by atoms with Gasteiger partial charge in [-0.05, 0) is 55.6 Å². The van der Waals surface area contributed by atoms with Gasteiger partial charge in [0.2, 0.25) is 0 Å². The van der Waals surface area contributed by atoms with Crippen LogP contribution in [0, 0.1) is 0 Å². The van der Waals surface area contributed by atoms with E-state index in [1.807, 2.05) is 12.1 Å². The van der Waals surface area contributed by atoms with Crippen molar-refractivity contribution >= 4 is 23.4 Å². The van der Waals surface area contributed by atoms with E-state index >= 15 is 0 Å². The van der Waals surface area contributed by atoms with Gasteiger partial charge in [0.1, 0.15) is 0 Å². The summed E-state index contributed by atoms with van der Waals surface area (Å²) in [6.07, 6.45) is 10.5. The van der Waals surface area contributed by atoms with Crippen LogP contribution in [0.2, 0.25) is 5.02 Å². The highest BCUT2D eigenvalue weighted by molar-refractivity contribution is 8.00. The Labute approximate surface area is 131 Å². The van der Waals surface area contributed by atoms with Crippen LogP contribution in [0.15, 0.2) is 24.3 Å². The highest BCUT2D eigenvalue weighted by Crippen LogP contribution is 2.41. The highest BCUT2D eigenvalue weighted by atomic mass is 35.5. The molecule has 0 aliphatic heterocycles. The Hall–Kier alpha value is -0.180. The van der Waals surface area contributed by atoms with E-state index in [1.165, 1.54) is 50.6 Å². The summed E-state index contributed by atoms with van der Waals surface area (Å²) in [6.45, 7) is 1.20. The van der Waals surface area contributed by atoms with Gasteiger partial charge in [0, 0.05) is 22.4 Å². The van der Waals surface area contributed by atoms with Crippen LogP contribution in [0.5, 0.6) is 0 Å². The molecule has 0 aromatic heterocycles. The molecular weight excluding hydrogens is 286 g/mol. The van der Waals surface area contributed by atoms with E-state index < -0.39 is 0 Å². The fraction of sp³-hybridized carbons (Fsp3) is 0.647. The summed E-state index contributed by atoms with van der Waals surface area (Å²) in [4.78, 5) is 0. The van der Waals surface area contributed by atoms with Crippen molar-refractivity contribution in [2.75, 3.05) is 12.8 Å². The number of hydrogen-bond donors (Lipinski definition) is 1. The van der Waals surface area contributed by atoms with E-state index in [0.29, 0.717) is 4.75 Å². The van der Waals surface area contributed by atoms with Gasteiger partial charge in [0.05, 0.1) is 0 Å². The number of thioether (sulfide) groups is 1. The molecule has 1 N–H and O–H groups in total. The van der Waals surface area contributed by atoms with Crippen molar-refractivity contribution in [1.82, 2.24) is 5.32 Å². The molecule has 0 radical (unpaired) electrons. The van der Waals surface area contributed by atoms with Gasteiger partial charge >= 0.3 is 0 Å². The lowest BCUT2D eigenvalue weighted by Gasteiger charge is -2.39. The molecule has 110 valence electrons. The average Bonchev–Trinajstić information content (AvgIpc) is 2.88. The first kappa shape index (κ1) is 14.7. The largest absolute Gasteiger partial charge is 0.313 e. The number of nitrogens with one attached hydrogen (secondary N) is 1. The molecule has 2 aliphatic carbocycles. The monoisotopic (exact) mass is 309 g/mol. The predicted octanol–water partition coefficient (Wildman–Crippen LogP) is 4.85. The smallest absolute Gasteiger partial charge is 0.0406 e. The minimum absolute atomic E-state index is 0.533. The predicted molar refractivity (Wildman–Crippen MR) is 89.9 cm³/mol. The molecule has 0 amide bonds. The summed E-state index contributed by atoms with van der Waals surface area (Å²) < 4.78 is 0.533. The van der Waals surface area contributed by atoms with Crippen LogP contribution in [0.25, 0.3) is 0 Å². The minimum Gasteiger partial charge on any atom is -0.313 e. The van der Waals surface area contributed by atoms with Crippen molar-refractivity contribution < 1.29 is 0 Å². The van der Waals surface area contributed by atoms with Crippen LogP contribution >= 0.6 is 23.4 Å². The van der Waals surface area contributed by atoms with Crippen molar-refractivity contribution in [3.05, 3.63) is 34.9 Å². The van der Waals surface area contributed by atoms with Crippen LogP contribution in [0.3, 0.4) is 0 Å². The van der Waals surface area contributed by atoms with Gasteiger partial charge in [-0.1, -0.05) is 36.6 Å². The number of hydrogen-bond acceptors (Lipinski definition) is 2. The first-order valence-electron chi connectivity index (χ1n) is 7.75. The van der Waals surface area contributed by atoms with Crippen molar-refractivity contribution in [3.8, 4) is 0 Å². The molecule has 1 aromatic carbocycles. The molecule has 20 heavy (non-hydrogen) atoms. The molecule has 3 heteroatoms. The third-order valence-electron chi connectivity index (χ3n) is 5.14. The number of halogens is 1. The zero-order valence-corrected chi connectivity index (χ0v) is 13.8. The average molecular weight is 310 g/mol. The molecule has 1 nitrogen and oxygen atoms in total. The summed E-state index contributed by atoms with van der Waals surface area (Å²) >= 11 is 8.02. The van der Waals surface area contributed by atoms with E-state index in [2.05, 4.69) is 35.5 Å². The molecule has 2 saturated carbocycles. The molecular formula is C17H24ClNS. The van der Waals surface area contributed by atoms with Crippen LogP contribution in [0.4, 0.5) is 0 Å². The van der Waals surface area contributed by atoms with E-state index in [0.717, 1.165) is 17.0 Å². The Bertz CT molecular complexity index is 433. The molecule has 3 rings (SSSR count). The molecule has 2 fully saturated rings. The molecule has 0 spiro atoms. The second-order valence-electron chi connectivity index (χ2n) is 6.39. The maximum absolute atomic E-state index is 5.95. The Kier molecular flexibility index (Phi) is 4.64. The zero-order valence-electron chi connectivity index (χ0n) is 12.2. The lowest BCUT2D eigenvalue weighted by molar-refractivity contribution is 0.282. The van der Waals surface area contributed by atoms with Crippen molar-refractivity contribution in [2.45, 2.75) is 55.2 Å². The normalized spacial score (nSPS) is 28.3. The summed E-state index contributed by atoms with van der Waals surface area (Å²) in [7, 11) is 0. The van der Waals surface area contributed by atoms with Gasteiger partial charge in [-0.3, -0.25) is 0 Å². The molecule has 0 bridgehead atoms. The van der Waals surface area contributed by atoms with Gasteiger partial charge in [0.15, 0.2) is 0 Å². The Balaban J connectivity index is 1.45. The maximum atomic E-state index is 5.95. The third-order valence-corrected chi connectivity index (χ3v) is 6.81. The zero-order chi connectivity index (χ0) is 14.0. The second-order valence-corrected chi connectivity index (χ2v) is 8.10. The molecule has 0 atom stereocenters. The fourth-order valence-corrected chi connectivity index (χ4v) is 4.64. The Morgan fingerprint density at radius 3 is 2.45 bits per heavy atom. The van der Waals surface area contributed by atoms with E-state index in [9.17, 15) is 0 Å². The summed E-state index contributed by atoms with van der Waals surface area (Å²) in [5, 5.41) is 4.66. The second kappa shape index (κ2) is 6.29. The first-order valence-corrected chi connectivity index (χ1v) is 9.35. The molecule has 0 heterocycles. The number of benzene rings is 1. The van der Waals surface area contributed by atoms with Crippen molar-refractivity contribution in [2.24, 2.45) is 0 Å². The van der Waals surface area contributed by atoms with Gasteiger partial charge in [-0.2, -0.15) is 11.8 Å². The van der Waals surface area contributed by atoms with Crippen LogP contribution < -0.4 is 5.32 Å². The standard InChI is InChI=1S/C17H24ClNS/c1-20-17(8-2-3-9-17)12-19-16-10-14(11-16)13-4-6-15(18)7-5-13/h4-7,14,16,19H,2-3,8-12H2,1H3. The molecule has 0 saturated heterocycles. The van der Waals surface area contributed by atoms with Gasteiger partial charge < -0.3 is 5.32 Å². The maximum Gasteiger partial charge on any atom is 0.0406 e. The lowest BCUT2D eigenvalue weighted by atomic mass is 9.76. The van der Waals surface area contributed by atoms with Crippen LogP contribution in [-0.2, 0) is 0 Å².